The van der Waals surface area contributed by atoms with Crippen LogP contribution in [0.2, 0.25) is 5.02 Å². The van der Waals surface area contributed by atoms with E-state index in [2.05, 4.69) is 32.7 Å². The highest BCUT2D eigenvalue weighted by molar-refractivity contribution is 14.1. The van der Waals surface area contributed by atoms with Crippen LogP contribution in [0.5, 0.6) is 0 Å². The number of aromatic nitrogens is 3. The second-order valence-electron chi connectivity index (χ2n) is 7.01. The largest absolute Gasteiger partial charge is 0.506 e. The molecular weight excluding hydrogens is 553 g/mol. The summed E-state index contributed by atoms with van der Waals surface area (Å²) in [5, 5.41) is 16.6. The SMILES string of the molecule is OC1=C(Sc2cncc(Cl)c2)OC2COC(c3ccccc3)O[C@@H]2C1n1ccc(I)n1. The summed E-state index contributed by atoms with van der Waals surface area (Å²) in [6.07, 6.45) is 3.58. The van der Waals surface area contributed by atoms with Gasteiger partial charge in [-0.05, 0) is 46.5 Å². The summed E-state index contributed by atoms with van der Waals surface area (Å²) in [5.74, 6) is 0.0411. The quantitative estimate of drug-likeness (QED) is 0.438. The fraction of sp³-hybridized carbons (Fsp3) is 0.238. The third-order valence-corrected chi connectivity index (χ3v) is 6.67. The maximum absolute atomic E-state index is 11.2. The Kier molecular flexibility index (Phi) is 6.11. The van der Waals surface area contributed by atoms with Gasteiger partial charge in [0.25, 0.3) is 0 Å². The maximum Gasteiger partial charge on any atom is 0.198 e. The molecule has 4 atom stereocenters. The van der Waals surface area contributed by atoms with E-state index in [0.29, 0.717) is 16.7 Å². The highest BCUT2D eigenvalue weighted by atomic mass is 127. The molecule has 0 saturated carbocycles. The molecule has 0 amide bonds. The highest BCUT2D eigenvalue weighted by Crippen LogP contribution is 2.44. The van der Waals surface area contributed by atoms with Crippen LogP contribution < -0.4 is 0 Å². The van der Waals surface area contributed by atoms with Crippen molar-refractivity contribution in [2.24, 2.45) is 0 Å². The number of aliphatic hydroxyl groups is 1. The van der Waals surface area contributed by atoms with Gasteiger partial charge in [-0.2, -0.15) is 5.10 Å². The summed E-state index contributed by atoms with van der Waals surface area (Å²) in [7, 11) is 0. The zero-order valence-electron chi connectivity index (χ0n) is 16.0. The van der Waals surface area contributed by atoms with Gasteiger partial charge in [-0.25, -0.2) is 0 Å². The second kappa shape index (κ2) is 8.99. The fourth-order valence-corrected chi connectivity index (χ4v) is 5.12. The molecular formula is C21H17ClIN3O4S. The van der Waals surface area contributed by atoms with Crippen molar-refractivity contribution >= 4 is 46.0 Å². The lowest BCUT2D eigenvalue weighted by Gasteiger charge is -2.43. The molecule has 1 saturated heterocycles. The Labute approximate surface area is 201 Å². The minimum atomic E-state index is -0.563. The number of ether oxygens (including phenoxy) is 3. The number of benzene rings is 1. The predicted molar refractivity (Wildman–Crippen MR) is 124 cm³/mol. The lowest BCUT2D eigenvalue weighted by molar-refractivity contribution is -0.273. The van der Waals surface area contributed by atoms with E-state index in [1.807, 2.05) is 42.6 Å². The molecule has 3 unspecified atom stereocenters. The summed E-state index contributed by atoms with van der Waals surface area (Å²) in [4.78, 5) is 4.85. The van der Waals surface area contributed by atoms with Crippen LogP contribution in [0.25, 0.3) is 0 Å². The summed E-state index contributed by atoms with van der Waals surface area (Å²) < 4.78 is 20.9. The maximum atomic E-state index is 11.2. The Balaban J connectivity index is 1.50. The van der Waals surface area contributed by atoms with Crippen molar-refractivity contribution in [2.75, 3.05) is 6.61 Å². The monoisotopic (exact) mass is 569 g/mol. The first kappa shape index (κ1) is 21.1. The van der Waals surface area contributed by atoms with Crippen LogP contribution in [0.1, 0.15) is 17.9 Å². The molecule has 0 radical (unpaired) electrons. The van der Waals surface area contributed by atoms with E-state index in [1.54, 1.807) is 23.1 Å². The molecule has 1 aromatic carbocycles. The number of hydrogen-bond donors (Lipinski definition) is 1. The van der Waals surface area contributed by atoms with E-state index in [9.17, 15) is 5.11 Å². The van der Waals surface area contributed by atoms with Gasteiger partial charge in [0.15, 0.2) is 23.2 Å². The van der Waals surface area contributed by atoms with E-state index in [1.165, 1.54) is 11.8 Å². The minimum absolute atomic E-state index is 0.0411. The first-order chi connectivity index (χ1) is 15.1. The Hall–Kier alpha value is -1.79. The molecule has 5 rings (SSSR count). The molecule has 0 bridgehead atoms. The third-order valence-electron chi connectivity index (χ3n) is 4.94. The fourth-order valence-electron chi connectivity index (χ4n) is 3.56. The Bertz CT molecular complexity index is 1110. The average Bonchev–Trinajstić information content (AvgIpc) is 3.20. The molecule has 10 heteroatoms. The van der Waals surface area contributed by atoms with Crippen LogP contribution in [-0.2, 0) is 14.2 Å². The normalized spacial score (nSPS) is 25.7. The highest BCUT2D eigenvalue weighted by Gasteiger charge is 2.47. The van der Waals surface area contributed by atoms with Gasteiger partial charge in [-0.3, -0.25) is 9.67 Å². The number of aliphatic hydroxyl groups excluding tert-OH is 1. The smallest absolute Gasteiger partial charge is 0.198 e. The van der Waals surface area contributed by atoms with Crippen LogP contribution >= 0.6 is 46.0 Å². The van der Waals surface area contributed by atoms with Crippen molar-refractivity contribution in [2.45, 2.75) is 29.4 Å². The zero-order chi connectivity index (χ0) is 21.4. The number of halogens is 2. The average molecular weight is 570 g/mol. The van der Waals surface area contributed by atoms with Gasteiger partial charge in [0, 0.05) is 29.0 Å². The number of hydrogen-bond acceptors (Lipinski definition) is 7. The van der Waals surface area contributed by atoms with E-state index < -0.39 is 24.5 Å². The Morgan fingerprint density at radius 3 is 2.77 bits per heavy atom. The first-order valence-corrected chi connectivity index (χ1v) is 11.8. The van der Waals surface area contributed by atoms with Gasteiger partial charge in [-0.15, -0.1) is 0 Å². The summed E-state index contributed by atoms with van der Waals surface area (Å²) in [5.41, 5.74) is 0.906. The standard InChI is InChI=1S/C21H17ClIN3O4S/c22-13-8-14(10-24-9-13)31-21-18(27)17(26-7-6-16(23)25-26)19-15(29-21)11-28-20(30-19)12-4-2-1-3-5-12/h1-10,15,17,19-20,27H,11H2/t15?,17?,19-,20?/m0/s1. The lowest BCUT2D eigenvalue weighted by atomic mass is 10.0. The van der Waals surface area contributed by atoms with Crippen LogP contribution in [0.15, 0.2) is 76.8 Å². The number of rotatable bonds is 4. The molecule has 2 aromatic heterocycles. The summed E-state index contributed by atoms with van der Waals surface area (Å²) in [6.45, 7) is 0.310. The van der Waals surface area contributed by atoms with Gasteiger partial charge in [0.2, 0.25) is 0 Å². The number of thioether (sulfide) groups is 1. The second-order valence-corrected chi connectivity index (χ2v) is 9.60. The summed E-state index contributed by atoms with van der Waals surface area (Å²) in [6, 6.07) is 12.8. The van der Waals surface area contributed by atoms with Crippen LogP contribution in [0, 0.1) is 3.70 Å². The van der Waals surface area contributed by atoms with Crippen molar-refractivity contribution in [3.63, 3.8) is 0 Å². The predicted octanol–water partition coefficient (Wildman–Crippen LogP) is 5.11. The van der Waals surface area contributed by atoms with Gasteiger partial charge in [0.1, 0.15) is 15.8 Å². The number of nitrogens with zero attached hydrogens (tertiary/aromatic N) is 3. The molecule has 1 fully saturated rings. The van der Waals surface area contributed by atoms with E-state index in [0.717, 1.165) is 14.2 Å². The van der Waals surface area contributed by atoms with Crippen LogP contribution in [-0.4, -0.2) is 38.7 Å². The molecule has 2 aliphatic heterocycles. The number of pyridine rings is 1. The zero-order valence-corrected chi connectivity index (χ0v) is 19.7. The summed E-state index contributed by atoms with van der Waals surface area (Å²) >= 11 is 9.45. The molecule has 31 heavy (non-hydrogen) atoms. The van der Waals surface area contributed by atoms with Gasteiger partial charge in [-0.1, -0.05) is 41.9 Å². The van der Waals surface area contributed by atoms with Gasteiger partial charge in [0.05, 0.1) is 11.6 Å². The molecule has 2 aliphatic rings. The van der Waals surface area contributed by atoms with E-state index in [4.69, 9.17) is 25.8 Å². The van der Waals surface area contributed by atoms with Crippen molar-refractivity contribution in [3.05, 3.63) is 86.2 Å². The van der Waals surface area contributed by atoms with Crippen LogP contribution in [0.3, 0.4) is 0 Å². The molecule has 7 nitrogen and oxygen atoms in total. The Morgan fingerprint density at radius 2 is 2.03 bits per heavy atom. The van der Waals surface area contributed by atoms with Crippen LogP contribution in [0.4, 0.5) is 0 Å². The van der Waals surface area contributed by atoms with Gasteiger partial charge >= 0.3 is 0 Å². The molecule has 0 spiro atoms. The topological polar surface area (TPSA) is 78.6 Å². The van der Waals surface area contributed by atoms with Crippen molar-refractivity contribution in [1.29, 1.82) is 0 Å². The third kappa shape index (κ3) is 4.42. The minimum Gasteiger partial charge on any atom is -0.506 e. The molecule has 4 heterocycles. The lowest BCUT2D eigenvalue weighted by Crippen LogP contribution is -2.50. The van der Waals surface area contributed by atoms with E-state index >= 15 is 0 Å². The number of fused-ring (bicyclic) bond motifs is 1. The van der Waals surface area contributed by atoms with Gasteiger partial charge < -0.3 is 19.3 Å². The molecule has 1 N–H and O–H groups in total. The molecule has 160 valence electrons. The van der Waals surface area contributed by atoms with E-state index in [-0.39, 0.29) is 5.76 Å². The van der Waals surface area contributed by atoms with Crippen molar-refractivity contribution < 1.29 is 19.3 Å². The molecule has 0 aliphatic carbocycles. The first-order valence-electron chi connectivity index (χ1n) is 9.49. The Morgan fingerprint density at radius 1 is 1.19 bits per heavy atom. The van der Waals surface area contributed by atoms with Crippen molar-refractivity contribution in [3.8, 4) is 0 Å². The van der Waals surface area contributed by atoms with Crippen molar-refractivity contribution in [1.82, 2.24) is 14.8 Å². The molecule has 3 aromatic rings.